The van der Waals surface area contributed by atoms with Crippen LogP contribution in [0.25, 0.3) is 0 Å². The Morgan fingerprint density at radius 1 is 1.05 bits per heavy atom. The Hall–Kier alpha value is -1.85. The maximum atomic E-state index is 12.7. The van der Waals surface area contributed by atoms with E-state index >= 15 is 0 Å². The van der Waals surface area contributed by atoms with Gasteiger partial charge >= 0.3 is 0 Å². The summed E-state index contributed by atoms with van der Waals surface area (Å²) in [5.41, 5.74) is 0.922. The Morgan fingerprint density at radius 3 is 2.48 bits per heavy atom. The van der Waals surface area contributed by atoms with Gasteiger partial charge in [-0.05, 0) is 18.2 Å². The first kappa shape index (κ1) is 14.1. The minimum Gasteiger partial charge on any atom is -0.493 e. The standard InChI is InChI=1S/C16H17NO3S/c1-17(21(18,19)13-7-3-2-4-8-13)15-11-12-20-16-10-6-5-9-14(15)16/h2-10,15H,11-12H2,1H3. The molecular formula is C16H17NO3S. The van der Waals surface area contributed by atoms with Crippen molar-refractivity contribution in [2.45, 2.75) is 17.4 Å². The van der Waals surface area contributed by atoms with Gasteiger partial charge in [0.15, 0.2) is 0 Å². The lowest BCUT2D eigenvalue weighted by atomic mass is 10.0. The van der Waals surface area contributed by atoms with Gasteiger partial charge in [-0.3, -0.25) is 0 Å². The molecule has 0 aromatic heterocycles. The minimum absolute atomic E-state index is 0.194. The van der Waals surface area contributed by atoms with E-state index in [2.05, 4.69) is 0 Å². The molecule has 1 aliphatic rings. The molecule has 1 heterocycles. The Morgan fingerprint density at radius 2 is 1.71 bits per heavy atom. The maximum absolute atomic E-state index is 12.7. The zero-order chi connectivity index (χ0) is 14.9. The molecule has 0 N–H and O–H groups in total. The molecule has 0 saturated heterocycles. The number of sulfonamides is 1. The monoisotopic (exact) mass is 303 g/mol. The Kier molecular flexibility index (Phi) is 3.69. The third-order valence-corrected chi connectivity index (χ3v) is 5.67. The highest BCUT2D eigenvalue weighted by Crippen LogP contribution is 2.37. The normalized spacial score (nSPS) is 18.1. The first-order chi connectivity index (χ1) is 10.1. The molecular weight excluding hydrogens is 286 g/mol. The summed E-state index contributed by atoms with van der Waals surface area (Å²) >= 11 is 0. The Balaban J connectivity index is 1.99. The Labute approximate surface area is 125 Å². The van der Waals surface area contributed by atoms with Crippen molar-refractivity contribution in [2.24, 2.45) is 0 Å². The van der Waals surface area contributed by atoms with Crippen LogP contribution in [0.1, 0.15) is 18.0 Å². The fourth-order valence-electron chi connectivity index (χ4n) is 2.63. The van der Waals surface area contributed by atoms with E-state index in [0.29, 0.717) is 17.9 Å². The lowest BCUT2D eigenvalue weighted by molar-refractivity contribution is 0.221. The van der Waals surface area contributed by atoms with Gasteiger partial charge in [0, 0.05) is 19.0 Å². The van der Waals surface area contributed by atoms with E-state index in [-0.39, 0.29) is 6.04 Å². The average molecular weight is 303 g/mol. The zero-order valence-electron chi connectivity index (χ0n) is 11.8. The predicted molar refractivity (Wildman–Crippen MR) is 80.7 cm³/mol. The average Bonchev–Trinajstić information content (AvgIpc) is 2.54. The van der Waals surface area contributed by atoms with Crippen LogP contribution in [0.3, 0.4) is 0 Å². The van der Waals surface area contributed by atoms with Crippen LogP contribution in [0.15, 0.2) is 59.5 Å². The number of fused-ring (bicyclic) bond motifs is 1. The van der Waals surface area contributed by atoms with E-state index in [1.165, 1.54) is 4.31 Å². The molecule has 4 nitrogen and oxygen atoms in total. The molecule has 3 rings (SSSR count). The van der Waals surface area contributed by atoms with Crippen molar-refractivity contribution in [3.63, 3.8) is 0 Å². The van der Waals surface area contributed by atoms with Crippen molar-refractivity contribution < 1.29 is 13.2 Å². The third kappa shape index (κ3) is 2.54. The SMILES string of the molecule is CN(C1CCOc2ccccc21)S(=O)(=O)c1ccccc1. The van der Waals surface area contributed by atoms with E-state index in [1.54, 1.807) is 31.3 Å². The van der Waals surface area contributed by atoms with Crippen LogP contribution in [-0.4, -0.2) is 26.4 Å². The van der Waals surface area contributed by atoms with Crippen LogP contribution < -0.4 is 4.74 Å². The van der Waals surface area contributed by atoms with E-state index in [4.69, 9.17) is 4.74 Å². The first-order valence-corrected chi connectivity index (χ1v) is 8.29. The second-order valence-electron chi connectivity index (χ2n) is 5.03. The molecule has 2 aromatic rings. The van der Waals surface area contributed by atoms with E-state index in [0.717, 1.165) is 11.3 Å². The molecule has 2 aromatic carbocycles. The lowest BCUT2D eigenvalue weighted by Gasteiger charge is -2.32. The molecule has 1 unspecified atom stereocenters. The molecule has 0 amide bonds. The molecule has 0 saturated carbocycles. The van der Waals surface area contributed by atoms with Crippen LogP contribution in [0.4, 0.5) is 0 Å². The van der Waals surface area contributed by atoms with Crippen LogP contribution in [0.5, 0.6) is 5.75 Å². The third-order valence-electron chi connectivity index (χ3n) is 3.79. The van der Waals surface area contributed by atoms with Crippen molar-refractivity contribution in [3.05, 3.63) is 60.2 Å². The minimum atomic E-state index is -3.50. The molecule has 1 aliphatic heterocycles. The van der Waals surface area contributed by atoms with Gasteiger partial charge in [0.1, 0.15) is 5.75 Å². The number of para-hydroxylation sites is 1. The van der Waals surface area contributed by atoms with Crippen molar-refractivity contribution in [2.75, 3.05) is 13.7 Å². The van der Waals surface area contributed by atoms with Gasteiger partial charge in [-0.2, -0.15) is 4.31 Å². The summed E-state index contributed by atoms with van der Waals surface area (Å²) < 4.78 is 32.5. The molecule has 0 aliphatic carbocycles. The van der Waals surface area contributed by atoms with Crippen LogP contribution in [0, 0.1) is 0 Å². The van der Waals surface area contributed by atoms with Crippen LogP contribution >= 0.6 is 0 Å². The van der Waals surface area contributed by atoms with Gasteiger partial charge in [-0.1, -0.05) is 36.4 Å². The predicted octanol–water partition coefficient (Wildman–Crippen LogP) is 2.83. The molecule has 0 spiro atoms. The fourth-order valence-corrected chi connectivity index (χ4v) is 4.01. The smallest absolute Gasteiger partial charge is 0.243 e. The molecule has 110 valence electrons. The van der Waals surface area contributed by atoms with Gasteiger partial charge in [0.25, 0.3) is 0 Å². The van der Waals surface area contributed by atoms with Crippen molar-refractivity contribution >= 4 is 10.0 Å². The lowest BCUT2D eigenvalue weighted by Crippen LogP contribution is -2.34. The highest BCUT2D eigenvalue weighted by atomic mass is 32.2. The number of benzene rings is 2. The number of hydrogen-bond acceptors (Lipinski definition) is 3. The van der Waals surface area contributed by atoms with Crippen LogP contribution in [0.2, 0.25) is 0 Å². The van der Waals surface area contributed by atoms with Gasteiger partial charge in [-0.25, -0.2) is 8.42 Å². The summed E-state index contributed by atoms with van der Waals surface area (Å²) in [5.74, 6) is 0.767. The molecule has 0 fully saturated rings. The van der Waals surface area contributed by atoms with E-state index in [9.17, 15) is 8.42 Å². The largest absolute Gasteiger partial charge is 0.493 e. The molecule has 5 heteroatoms. The Bertz CT molecular complexity index is 728. The number of ether oxygens (including phenoxy) is 1. The van der Waals surface area contributed by atoms with Gasteiger partial charge in [0.05, 0.1) is 17.5 Å². The van der Waals surface area contributed by atoms with Gasteiger partial charge in [0.2, 0.25) is 10.0 Å². The maximum Gasteiger partial charge on any atom is 0.243 e. The quantitative estimate of drug-likeness (QED) is 0.876. The molecule has 0 bridgehead atoms. The topological polar surface area (TPSA) is 46.6 Å². The first-order valence-electron chi connectivity index (χ1n) is 6.85. The highest BCUT2D eigenvalue weighted by molar-refractivity contribution is 7.89. The summed E-state index contributed by atoms with van der Waals surface area (Å²) in [5, 5.41) is 0. The molecule has 1 atom stereocenters. The highest BCUT2D eigenvalue weighted by Gasteiger charge is 2.32. The van der Waals surface area contributed by atoms with Gasteiger partial charge in [-0.15, -0.1) is 0 Å². The summed E-state index contributed by atoms with van der Waals surface area (Å²) in [4.78, 5) is 0.316. The number of rotatable bonds is 3. The summed E-state index contributed by atoms with van der Waals surface area (Å²) in [7, 11) is -1.87. The van der Waals surface area contributed by atoms with E-state index in [1.807, 2.05) is 30.3 Å². The molecule has 21 heavy (non-hydrogen) atoms. The fraction of sp³-hybridized carbons (Fsp3) is 0.250. The van der Waals surface area contributed by atoms with E-state index < -0.39 is 10.0 Å². The second kappa shape index (κ2) is 5.50. The van der Waals surface area contributed by atoms with Crippen molar-refractivity contribution in [1.82, 2.24) is 4.31 Å². The van der Waals surface area contributed by atoms with Gasteiger partial charge < -0.3 is 4.74 Å². The molecule has 0 radical (unpaired) electrons. The second-order valence-corrected chi connectivity index (χ2v) is 7.02. The summed E-state index contributed by atoms with van der Waals surface area (Å²) in [6.45, 7) is 0.524. The summed E-state index contributed by atoms with van der Waals surface area (Å²) in [6.07, 6.45) is 0.652. The zero-order valence-corrected chi connectivity index (χ0v) is 12.6. The number of hydrogen-bond donors (Lipinski definition) is 0. The van der Waals surface area contributed by atoms with Crippen molar-refractivity contribution in [3.8, 4) is 5.75 Å². The van der Waals surface area contributed by atoms with Crippen molar-refractivity contribution in [1.29, 1.82) is 0 Å². The summed E-state index contributed by atoms with van der Waals surface area (Å²) in [6, 6.07) is 15.9. The van der Waals surface area contributed by atoms with Crippen LogP contribution in [-0.2, 0) is 10.0 Å². The number of nitrogens with zero attached hydrogens (tertiary/aromatic N) is 1.